The van der Waals surface area contributed by atoms with E-state index in [1.165, 1.54) is 21.6 Å². The van der Waals surface area contributed by atoms with Crippen molar-refractivity contribution in [2.75, 3.05) is 13.6 Å². The molecule has 0 saturated carbocycles. The molecule has 0 bridgehead atoms. The van der Waals surface area contributed by atoms with E-state index < -0.39 is 0 Å². The van der Waals surface area contributed by atoms with Gasteiger partial charge in [-0.15, -0.1) is 0 Å². The van der Waals surface area contributed by atoms with Gasteiger partial charge in [0.2, 0.25) is 0 Å². The monoisotopic (exact) mass is 370 g/mol. The van der Waals surface area contributed by atoms with Crippen LogP contribution in [0, 0.1) is 5.41 Å². The molecule has 2 aromatic rings. The SMILES string of the molecule is [B]=CCC(CCC/C(C)=c1\cccc\c1=C\C=C)(CNC)Cc1ccccc1. The molecule has 1 radical (unpaired) electrons. The van der Waals surface area contributed by atoms with Gasteiger partial charge in [0.1, 0.15) is 0 Å². The van der Waals surface area contributed by atoms with Gasteiger partial charge in [-0.05, 0) is 0 Å². The van der Waals surface area contributed by atoms with E-state index in [9.17, 15) is 0 Å². The van der Waals surface area contributed by atoms with E-state index in [2.05, 4.69) is 79.5 Å². The number of hydrogen-bond donors (Lipinski definition) is 1. The van der Waals surface area contributed by atoms with Crippen molar-refractivity contribution in [3.63, 3.8) is 0 Å². The van der Waals surface area contributed by atoms with Crippen LogP contribution in [0.2, 0.25) is 0 Å². The molecule has 2 rings (SSSR count). The molecule has 2 heteroatoms. The molecule has 0 aromatic heterocycles. The van der Waals surface area contributed by atoms with Gasteiger partial charge in [-0.3, -0.25) is 0 Å². The Kier molecular flexibility index (Phi) is 9.17. The summed E-state index contributed by atoms with van der Waals surface area (Å²) >= 11 is 0. The fraction of sp³-hybridized carbons (Fsp3) is 0.346. The Morgan fingerprint density at radius 3 is 2.50 bits per heavy atom. The predicted molar refractivity (Wildman–Crippen MR) is 126 cm³/mol. The fourth-order valence-corrected chi connectivity index (χ4v) is 4.16. The van der Waals surface area contributed by atoms with Crippen LogP contribution >= 0.6 is 0 Å². The topological polar surface area (TPSA) is 12.0 Å². The zero-order valence-electron chi connectivity index (χ0n) is 17.5. The molecule has 1 atom stereocenters. The van der Waals surface area contributed by atoms with Crippen LogP contribution in [0.4, 0.5) is 0 Å². The Labute approximate surface area is 172 Å². The number of nitrogens with one attached hydrogen (secondary N) is 1. The van der Waals surface area contributed by atoms with Gasteiger partial charge in [-0.2, -0.15) is 0 Å². The third kappa shape index (κ3) is 6.46. The molecule has 0 aliphatic heterocycles. The normalized spacial score (nSPS) is 15.0. The molecular formula is C26H33BN. The van der Waals surface area contributed by atoms with Crippen LogP contribution in [-0.4, -0.2) is 27.0 Å². The number of allylic oxidation sites excluding steroid dienone is 1. The second-order valence-corrected chi connectivity index (χ2v) is 7.76. The first-order valence-electron chi connectivity index (χ1n) is 10.2. The average molecular weight is 370 g/mol. The van der Waals surface area contributed by atoms with Crippen LogP contribution in [0.1, 0.15) is 38.2 Å². The first kappa shape index (κ1) is 22.1. The Morgan fingerprint density at radius 1 is 1.11 bits per heavy atom. The summed E-state index contributed by atoms with van der Waals surface area (Å²) in [5.74, 6) is 1.84. The molecule has 1 N–H and O–H groups in total. The van der Waals surface area contributed by atoms with Crippen molar-refractivity contribution < 1.29 is 0 Å². The standard InChI is InChI=1S/C26H33BN/c1-4-11-24-15-8-9-16-25(24)22(2)12-10-17-26(18-19-27,21-28-3)20-23-13-6-5-7-14-23/h4-9,11,13-16,19,28H,1,10,12,17-18,20-21H2,2-3H3/b24-11-,25-22+. The number of hydrogen-bond acceptors (Lipinski definition) is 1. The van der Waals surface area contributed by atoms with Gasteiger partial charge in [-0.1, -0.05) is 0 Å². The molecule has 0 heterocycles. The Morgan fingerprint density at radius 2 is 1.82 bits per heavy atom. The van der Waals surface area contributed by atoms with Gasteiger partial charge in [0.25, 0.3) is 0 Å². The molecular weight excluding hydrogens is 337 g/mol. The summed E-state index contributed by atoms with van der Waals surface area (Å²) < 4.78 is 0. The molecule has 0 fully saturated rings. The maximum absolute atomic E-state index is 5.90. The number of rotatable bonds is 11. The zero-order valence-corrected chi connectivity index (χ0v) is 17.5. The van der Waals surface area contributed by atoms with E-state index in [4.69, 9.17) is 7.49 Å². The number of benzene rings is 2. The summed E-state index contributed by atoms with van der Waals surface area (Å²) in [7, 11) is 7.94. The van der Waals surface area contributed by atoms with Gasteiger partial charge >= 0.3 is 172 Å². The van der Waals surface area contributed by atoms with Crippen molar-refractivity contribution in [2.45, 2.75) is 39.0 Å². The van der Waals surface area contributed by atoms with E-state index in [-0.39, 0.29) is 5.41 Å². The Balaban J connectivity index is 2.19. The van der Waals surface area contributed by atoms with E-state index in [0.29, 0.717) is 0 Å². The van der Waals surface area contributed by atoms with Crippen molar-refractivity contribution in [1.29, 1.82) is 0 Å². The molecule has 28 heavy (non-hydrogen) atoms. The van der Waals surface area contributed by atoms with Crippen molar-refractivity contribution in [3.05, 3.63) is 83.3 Å². The first-order valence-corrected chi connectivity index (χ1v) is 10.2. The Bertz CT molecular complexity index is 869. The third-order valence-electron chi connectivity index (χ3n) is 5.50. The molecule has 0 aliphatic carbocycles. The molecule has 1 unspecified atom stereocenters. The summed E-state index contributed by atoms with van der Waals surface area (Å²) in [6.45, 7) is 7.06. The second-order valence-electron chi connectivity index (χ2n) is 7.76. The molecule has 145 valence electrons. The van der Waals surface area contributed by atoms with E-state index >= 15 is 0 Å². The first-order chi connectivity index (χ1) is 13.6. The summed E-state index contributed by atoms with van der Waals surface area (Å²) in [6, 6.07) is 19.3. The summed E-state index contributed by atoms with van der Waals surface area (Å²) in [5.41, 5.74) is 2.97. The van der Waals surface area contributed by atoms with Gasteiger partial charge in [0.05, 0.1) is 0 Å². The average Bonchev–Trinajstić information content (AvgIpc) is 2.70. The van der Waals surface area contributed by atoms with Crippen LogP contribution in [0.3, 0.4) is 0 Å². The Hall–Kier alpha value is -2.19. The minimum absolute atomic E-state index is 0.151. The van der Waals surface area contributed by atoms with Crippen molar-refractivity contribution in [1.82, 2.24) is 5.32 Å². The van der Waals surface area contributed by atoms with Gasteiger partial charge in [0.15, 0.2) is 0 Å². The van der Waals surface area contributed by atoms with Crippen LogP contribution in [0.25, 0.3) is 11.6 Å². The zero-order chi connectivity index (χ0) is 20.2. The quantitative estimate of drug-likeness (QED) is 0.594. The van der Waals surface area contributed by atoms with Crippen molar-refractivity contribution in [3.8, 4) is 0 Å². The van der Waals surface area contributed by atoms with Crippen molar-refractivity contribution >= 4 is 25.1 Å². The van der Waals surface area contributed by atoms with Gasteiger partial charge in [0, 0.05) is 0 Å². The maximum atomic E-state index is 5.90. The minimum atomic E-state index is 0.151. The molecule has 0 amide bonds. The van der Waals surface area contributed by atoms with Gasteiger partial charge < -0.3 is 0 Å². The molecule has 0 aliphatic rings. The van der Waals surface area contributed by atoms with Crippen LogP contribution in [0.15, 0.2) is 67.3 Å². The van der Waals surface area contributed by atoms with Crippen LogP contribution < -0.4 is 15.8 Å². The van der Waals surface area contributed by atoms with E-state index in [0.717, 1.165) is 38.6 Å². The fourth-order valence-electron chi connectivity index (χ4n) is 4.16. The van der Waals surface area contributed by atoms with Crippen LogP contribution in [0.5, 0.6) is 0 Å². The molecule has 0 spiro atoms. The van der Waals surface area contributed by atoms with Crippen LogP contribution in [-0.2, 0) is 6.42 Å². The summed E-state index contributed by atoms with van der Waals surface area (Å²) in [4.78, 5) is 0. The summed E-state index contributed by atoms with van der Waals surface area (Å²) in [6.07, 6.45) is 9.29. The predicted octanol–water partition coefficient (Wildman–Crippen LogP) is 3.80. The van der Waals surface area contributed by atoms with Crippen molar-refractivity contribution in [2.24, 2.45) is 5.41 Å². The third-order valence-corrected chi connectivity index (χ3v) is 5.50. The molecule has 1 nitrogen and oxygen atoms in total. The van der Waals surface area contributed by atoms with E-state index in [1.54, 1.807) is 0 Å². The van der Waals surface area contributed by atoms with Gasteiger partial charge in [-0.25, -0.2) is 0 Å². The molecule has 0 saturated heterocycles. The van der Waals surface area contributed by atoms with E-state index in [1.807, 2.05) is 19.1 Å². The summed E-state index contributed by atoms with van der Waals surface area (Å²) in [5, 5.41) is 5.99. The molecule has 2 aromatic carbocycles. The second kappa shape index (κ2) is 11.6.